The summed E-state index contributed by atoms with van der Waals surface area (Å²) in [5.74, 6) is 0.418. The lowest BCUT2D eigenvalue weighted by Gasteiger charge is -2.07. The van der Waals surface area contributed by atoms with Crippen LogP contribution in [0.1, 0.15) is 6.92 Å². The first-order valence-electron chi connectivity index (χ1n) is 6.63. The minimum Gasteiger partial charge on any atom is -0.341 e. The number of pyridine rings is 1. The van der Waals surface area contributed by atoms with E-state index in [4.69, 9.17) is 0 Å². The van der Waals surface area contributed by atoms with Gasteiger partial charge in [0, 0.05) is 31.5 Å². The third kappa shape index (κ3) is 3.82. The summed E-state index contributed by atoms with van der Waals surface area (Å²) in [6.07, 6.45) is 3.38. The molecule has 116 valence electrons. The second-order valence-corrected chi connectivity index (χ2v) is 5.14. The summed E-state index contributed by atoms with van der Waals surface area (Å²) in [6, 6.07) is 3.17. The molecule has 0 bridgehead atoms. The Bertz CT molecular complexity index is 658. The molecular formula is C13H16N6O2S. The summed E-state index contributed by atoms with van der Waals surface area (Å²) >= 11 is 1.23. The monoisotopic (exact) mass is 320 g/mol. The number of imide groups is 1. The van der Waals surface area contributed by atoms with Crippen LogP contribution < -0.4 is 10.6 Å². The number of aromatic nitrogens is 4. The number of carbonyl (C=O) groups excluding carboxylic acids is 2. The molecule has 9 heteroatoms. The molecule has 0 aliphatic heterocycles. The highest BCUT2D eigenvalue weighted by Crippen LogP contribution is 2.23. The van der Waals surface area contributed by atoms with E-state index in [1.165, 1.54) is 18.8 Å². The lowest BCUT2D eigenvalue weighted by molar-refractivity contribution is -0.117. The number of hydrogen-bond donors (Lipinski definition) is 2. The minimum atomic E-state index is -0.528. The minimum absolute atomic E-state index is 0.0852. The summed E-state index contributed by atoms with van der Waals surface area (Å²) in [6.45, 7) is 2.65. The molecule has 2 N–H and O–H groups in total. The largest absolute Gasteiger partial charge is 0.341 e. The molecule has 0 saturated heterocycles. The zero-order chi connectivity index (χ0) is 15.9. The van der Waals surface area contributed by atoms with Gasteiger partial charge in [0.05, 0.1) is 5.75 Å². The molecule has 0 saturated carbocycles. The van der Waals surface area contributed by atoms with Crippen LogP contribution >= 0.6 is 11.8 Å². The van der Waals surface area contributed by atoms with Gasteiger partial charge in [-0.2, -0.15) is 0 Å². The van der Waals surface area contributed by atoms with Crippen molar-refractivity contribution >= 4 is 23.7 Å². The molecule has 2 heterocycles. The Labute approximate surface area is 131 Å². The van der Waals surface area contributed by atoms with Crippen molar-refractivity contribution in [2.45, 2.75) is 18.6 Å². The number of amides is 3. The van der Waals surface area contributed by atoms with Crippen molar-refractivity contribution < 1.29 is 9.59 Å². The lowest BCUT2D eigenvalue weighted by atomic mass is 10.2. The van der Waals surface area contributed by atoms with E-state index < -0.39 is 6.03 Å². The maximum absolute atomic E-state index is 11.6. The van der Waals surface area contributed by atoms with Gasteiger partial charge in [0.2, 0.25) is 5.91 Å². The van der Waals surface area contributed by atoms with E-state index in [1.54, 1.807) is 12.4 Å². The van der Waals surface area contributed by atoms with Crippen molar-refractivity contribution in [3.63, 3.8) is 0 Å². The standard InChI is InChI=1S/C13H16N6O2S/c1-3-19-11(9-4-6-15-7-5-9)17-18-13(19)22-8-10(20)16-12(21)14-2/h4-7H,3,8H2,1-2H3,(H2,14,16,20,21). The van der Waals surface area contributed by atoms with E-state index in [0.717, 1.165) is 11.4 Å². The molecule has 3 amide bonds. The van der Waals surface area contributed by atoms with E-state index in [9.17, 15) is 9.59 Å². The van der Waals surface area contributed by atoms with Crippen LogP contribution in [-0.2, 0) is 11.3 Å². The van der Waals surface area contributed by atoms with Crippen LogP contribution in [0.5, 0.6) is 0 Å². The molecule has 0 aliphatic rings. The topological polar surface area (TPSA) is 102 Å². The first-order valence-corrected chi connectivity index (χ1v) is 7.62. The predicted octanol–water partition coefficient (Wildman–Crippen LogP) is 0.908. The van der Waals surface area contributed by atoms with Gasteiger partial charge in [-0.1, -0.05) is 11.8 Å². The Morgan fingerprint density at radius 1 is 1.27 bits per heavy atom. The molecule has 0 spiro atoms. The number of nitrogens with zero attached hydrogens (tertiary/aromatic N) is 4. The van der Waals surface area contributed by atoms with Crippen molar-refractivity contribution in [1.29, 1.82) is 0 Å². The quantitative estimate of drug-likeness (QED) is 0.794. The van der Waals surface area contributed by atoms with Gasteiger partial charge in [0.1, 0.15) is 0 Å². The summed E-state index contributed by atoms with van der Waals surface area (Å²) in [5.41, 5.74) is 0.908. The van der Waals surface area contributed by atoms with Crippen LogP contribution in [0.4, 0.5) is 4.79 Å². The fourth-order valence-electron chi connectivity index (χ4n) is 1.75. The van der Waals surface area contributed by atoms with E-state index in [2.05, 4.69) is 25.8 Å². The number of thioether (sulfide) groups is 1. The SMILES string of the molecule is CCn1c(SCC(=O)NC(=O)NC)nnc1-c1ccncc1. The second kappa shape index (κ2) is 7.55. The van der Waals surface area contributed by atoms with Crippen molar-refractivity contribution in [3.05, 3.63) is 24.5 Å². The van der Waals surface area contributed by atoms with E-state index in [0.29, 0.717) is 11.7 Å². The Hall–Kier alpha value is -2.42. The zero-order valence-electron chi connectivity index (χ0n) is 12.2. The van der Waals surface area contributed by atoms with Crippen LogP contribution in [0.15, 0.2) is 29.7 Å². The lowest BCUT2D eigenvalue weighted by Crippen LogP contribution is -2.38. The Kier molecular flexibility index (Phi) is 5.48. The third-order valence-electron chi connectivity index (χ3n) is 2.78. The van der Waals surface area contributed by atoms with Gasteiger partial charge in [0.25, 0.3) is 0 Å². The van der Waals surface area contributed by atoms with Gasteiger partial charge < -0.3 is 9.88 Å². The van der Waals surface area contributed by atoms with E-state index in [1.807, 2.05) is 23.6 Å². The smallest absolute Gasteiger partial charge is 0.321 e. The highest BCUT2D eigenvalue weighted by atomic mass is 32.2. The first-order chi connectivity index (χ1) is 10.7. The number of hydrogen-bond acceptors (Lipinski definition) is 6. The molecule has 0 atom stereocenters. The highest BCUT2D eigenvalue weighted by molar-refractivity contribution is 7.99. The molecule has 0 radical (unpaired) electrons. The molecule has 0 fully saturated rings. The fraction of sp³-hybridized carbons (Fsp3) is 0.308. The molecule has 22 heavy (non-hydrogen) atoms. The van der Waals surface area contributed by atoms with Crippen molar-refractivity contribution in [2.24, 2.45) is 0 Å². The Balaban J connectivity index is 2.08. The number of nitrogens with one attached hydrogen (secondary N) is 2. The van der Waals surface area contributed by atoms with Crippen LogP contribution in [0, 0.1) is 0 Å². The van der Waals surface area contributed by atoms with Gasteiger partial charge in [-0.3, -0.25) is 15.1 Å². The summed E-state index contributed by atoms with van der Waals surface area (Å²) in [5, 5.41) is 13.4. The van der Waals surface area contributed by atoms with E-state index >= 15 is 0 Å². The van der Waals surface area contributed by atoms with Crippen molar-refractivity contribution in [3.8, 4) is 11.4 Å². The molecule has 0 aromatic carbocycles. The molecule has 8 nitrogen and oxygen atoms in total. The second-order valence-electron chi connectivity index (χ2n) is 4.20. The van der Waals surface area contributed by atoms with Gasteiger partial charge >= 0.3 is 6.03 Å². The molecule has 2 aromatic rings. The third-order valence-corrected chi connectivity index (χ3v) is 3.75. The van der Waals surface area contributed by atoms with Crippen molar-refractivity contribution in [2.75, 3.05) is 12.8 Å². The molecule has 2 rings (SSSR count). The molecule has 0 aliphatic carbocycles. The van der Waals surface area contributed by atoms with Gasteiger partial charge in [-0.05, 0) is 19.1 Å². The molecule has 0 unspecified atom stereocenters. The van der Waals surface area contributed by atoms with Gasteiger partial charge in [0.15, 0.2) is 11.0 Å². The van der Waals surface area contributed by atoms with Gasteiger partial charge in [-0.25, -0.2) is 4.79 Å². The average Bonchev–Trinajstić information content (AvgIpc) is 2.96. The Morgan fingerprint density at radius 2 is 2.00 bits per heavy atom. The number of urea groups is 1. The van der Waals surface area contributed by atoms with Gasteiger partial charge in [-0.15, -0.1) is 10.2 Å². The molecule has 2 aromatic heterocycles. The van der Waals surface area contributed by atoms with Crippen LogP contribution in [-0.4, -0.2) is 44.5 Å². The predicted molar refractivity (Wildman–Crippen MR) is 82.2 cm³/mol. The normalized spacial score (nSPS) is 10.3. The zero-order valence-corrected chi connectivity index (χ0v) is 13.1. The van der Waals surface area contributed by atoms with Crippen molar-refractivity contribution in [1.82, 2.24) is 30.4 Å². The maximum Gasteiger partial charge on any atom is 0.321 e. The maximum atomic E-state index is 11.6. The molecular weight excluding hydrogens is 304 g/mol. The van der Waals surface area contributed by atoms with Crippen LogP contribution in [0.3, 0.4) is 0 Å². The fourth-order valence-corrected chi connectivity index (χ4v) is 2.55. The summed E-state index contributed by atoms with van der Waals surface area (Å²) in [7, 11) is 1.45. The highest BCUT2D eigenvalue weighted by Gasteiger charge is 2.15. The summed E-state index contributed by atoms with van der Waals surface area (Å²) < 4.78 is 1.91. The van der Waals surface area contributed by atoms with E-state index in [-0.39, 0.29) is 11.7 Å². The summed E-state index contributed by atoms with van der Waals surface area (Å²) in [4.78, 5) is 26.6. The number of rotatable bonds is 5. The Morgan fingerprint density at radius 3 is 2.64 bits per heavy atom. The van der Waals surface area contributed by atoms with Crippen LogP contribution in [0.2, 0.25) is 0 Å². The van der Waals surface area contributed by atoms with Crippen LogP contribution in [0.25, 0.3) is 11.4 Å². The number of carbonyl (C=O) groups is 2. The first kappa shape index (κ1) is 16.0. The average molecular weight is 320 g/mol.